The Morgan fingerprint density at radius 3 is 2.94 bits per heavy atom. The van der Waals surface area contributed by atoms with Gasteiger partial charge in [0.05, 0.1) is 11.3 Å². The van der Waals surface area contributed by atoms with Gasteiger partial charge in [-0.2, -0.15) is 0 Å². The molecule has 3 rings (SSSR count). The normalized spacial score (nSPS) is 10.7. The van der Waals surface area contributed by atoms with E-state index < -0.39 is 5.97 Å². The lowest BCUT2D eigenvalue weighted by atomic mass is 10.2. The third-order valence-corrected chi connectivity index (χ3v) is 2.66. The van der Waals surface area contributed by atoms with E-state index in [0.717, 1.165) is 11.3 Å². The molecule has 0 aliphatic carbocycles. The third-order valence-electron chi connectivity index (χ3n) is 2.66. The number of hydrogen-bond acceptors (Lipinski definition) is 3. The van der Waals surface area contributed by atoms with Crippen LogP contribution in [0.25, 0.3) is 16.9 Å². The molecule has 1 N–H and O–H groups in total. The molecule has 88 valence electrons. The van der Waals surface area contributed by atoms with Gasteiger partial charge >= 0.3 is 5.97 Å². The summed E-state index contributed by atoms with van der Waals surface area (Å²) in [7, 11) is 0. The highest BCUT2D eigenvalue weighted by Gasteiger charge is 2.07. The van der Waals surface area contributed by atoms with Crippen molar-refractivity contribution in [2.24, 2.45) is 0 Å². The molecule has 0 aromatic carbocycles. The summed E-state index contributed by atoms with van der Waals surface area (Å²) in [4.78, 5) is 19.3. The quantitative estimate of drug-likeness (QED) is 0.743. The molecule has 0 saturated carbocycles. The number of rotatable bonds is 2. The topological polar surface area (TPSA) is 67.5 Å². The number of hydrogen-bond donors (Lipinski definition) is 1. The van der Waals surface area contributed by atoms with Crippen LogP contribution in [0, 0.1) is 0 Å². The molecule has 3 aromatic heterocycles. The van der Waals surface area contributed by atoms with E-state index in [9.17, 15) is 4.79 Å². The molecule has 5 heteroatoms. The van der Waals surface area contributed by atoms with E-state index >= 15 is 0 Å². The molecule has 0 saturated heterocycles. The van der Waals surface area contributed by atoms with E-state index in [1.54, 1.807) is 35.1 Å². The number of carbonyl (C=O) groups is 1. The van der Waals surface area contributed by atoms with Gasteiger partial charge in [-0.25, -0.2) is 9.78 Å². The maximum absolute atomic E-state index is 10.9. The van der Waals surface area contributed by atoms with E-state index in [1.807, 2.05) is 18.3 Å². The second kappa shape index (κ2) is 3.96. The molecule has 0 atom stereocenters. The Kier molecular flexibility index (Phi) is 2.30. The number of fused-ring (bicyclic) bond motifs is 1. The number of carboxylic acid groups (broad SMARTS) is 1. The molecule has 0 radical (unpaired) electrons. The first-order valence-electron chi connectivity index (χ1n) is 5.36. The van der Waals surface area contributed by atoms with Crippen LogP contribution in [0.5, 0.6) is 0 Å². The minimum Gasteiger partial charge on any atom is -0.478 e. The van der Waals surface area contributed by atoms with Crippen LogP contribution in [-0.4, -0.2) is 25.4 Å². The van der Waals surface area contributed by atoms with Gasteiger partial charge in [-0.05, 0) is 24.3 Å². The molecule has 0 fully saturated rings. The van der Waals surface area contributed by atoms with Crippen LogP contribution in [0.1, 0.15) is 10.4 Å². The molecular weight excluding hydrogens is 230 g/mol. The van der Waals surface area contributed by atoms with Gasteiger partial charge in [0.2, 0.25) is 0 Å². The highest BCUT2D eigenvalue weighted by molar-refractivity contribution is 5.88. The summed E-state index contributed by atoms with van der Waals surface area (Å²) in [5.74, 6) is -0.955. The second-order valence-electron chi connectivity index (χ2n) is 3.85. The van der Waals surface area contributed by atoms with Gasteiger partial charge < -0.3 is 9.51 Å². The molecule has 0 aliphatic rings. The van der Waals surface area contributed by atoms with Gasteiger partial charge in [0.15, 0.2) is 0 Å². The maximum atomic E-state index is 10.9. The number of aromatic nitrogens is 3. The Morgan fingerprint density at radius 2 is 2.22 bits per heavy atom. The zero-order valence-electron chi connectivity index (χ0n) is 9.32. The highest BCUT2D eigenvalue weighted by Crippen LogP contribution is 2.18. The van der Waals surface area contributed by atoms with Crippen LogP contribution in [-0.2, 0) is 0 Å². The van der Waals surface area contributed by atoms with Gasteiger partial charge in [-0.3, -0.25) is 4.98 Å². The van der Waals surface area contributed by atoms with Crippen molar-refractivity contribution in [2.75, 3.05) is 0 Å². The molecule has 18 heavy (non-hydrogen) atoms. The van der Waals surface area contributed by atoms with Gasteiger partial charge in [0, 0.05) is 30.4 Å². The van der Waals surface area contributed by atoms with E-state index in [0.29, 0.717) is 5.65 Å². The van der Waals surface area contributed by atoms with Gasteiger partial charge in [0.25, 0.3) is 0 Å². The summed E-state index contributed by atoms with van der Waals surface area (Å²) >= 11 is 0. The minimum absolute atomic E-state index is 0.228. The largest absolute Gasteiger partial charge is 0.478 e. The fourth-order valence-corrected chi connectivity index (χ4v) is 1.77. The lowest BCUT2D eigenvalue weighted by molar-refractivity contribution is 0.0697. The van der Waals surface area contributed by atoms with Crippen molar-refractivity contribution in [3.63, 3.8) is 0 Å². The van der Waals surface area contributed by atoms with Crippen LogP contribution >= 0.6 is 0 Å². The van der Waals surface area contributed by atoms with Crippen LogP contribution in [0.4, 0.5) is 0 Å². The lowest BCUT2D eigenvalue weighted by Crippen LogP contribution is -1.96. The smallest absolute Gasteiger partial charge is 0.335 e. The van der Waals surface area contributed by atoms with E-state index in [1.165, 1.54) is 0 Å². The summed E-state index contributed by atoms with van der Waals surface area (Å²) in [6.07, 6.45) is 6.95. The van der Waals surface area contributed by atoms with Crippen molar-refractivity contribution in [1.82, 2.24) is 14.4 Å². The summed E-state index contributed by atoms with van der Waals surface area (Å²) < 4.78 is 1.79. The average Bonchev–Trinajstić information content (AvgIpc) is 2.82. The van der Waals surface area contributed by atoms with Crippen molar-refractivity contribution in [2.45, 2.75) is 0 Å². The van der Waals surface area contributed by atoms with Crippen molar-refractivity contribution < 1.29 is 9.90 Å². The fourth-order valence-electron chi connectivity index (χ4n) is 1.77. The molecule has 0 bridgehead atoms. The first-order valence-corrected chi connectivity index (χ1v) is 5.36. The SMILES string of the molecule is O=C(O)c1ccn2cc(-c3cccnc3)nc2c1. The van der Waals surface area contributed by atoms with Crippen molar-refractivity contribution in [3.05, 3.63) is 54.6 Å². The highest BCUT2D eigenvalue weighted by atomic mass is 16.4. The maximum Gasteiger partial charge on any atom is 0.335 e. The Balaban J connectivity index is 2.14. The molecule has 3 heterocycles. The van der Waals surface area contributed by atoms with Gasteiger partial charge in [-0.15, -0.1) is 0 Å². The molecule has 0 unspecified atom stereocenters. The molecule has 3 aromatic rings. The number of pyridine rings is 2. The van der Waals surface area contributed by atoms with Crippen LogP contribution < -0.4 is 0 Å². The van der Waals surface area contributed by atoms with E-state index in [2.05, 4.69) is 9.97 Å². The van der Waals surface area contributed by atoms with Crippen molar-refractivity contribution >= 4 is 11.6 Å². The molecule has 5 nitrogen and oxygen atoms in total. The number of imidazole rings is 1. The van der Waals surface area contributed by atoms with Crippen molar-refractivity contribution in [1.29, 1.82) is 0 Å². The summed E-state index contributed by atoms with van der Waals surface area (Å²) in [6.45, 7) is 0. The predicted octanol–water partition coefficient (Wildman–Crippen LogP) is 2.09. The molecular formula is C13H9N3O2. The van der Waals surface area contributed by atoms with Crippen LogP contribution in [0.15, 0.2) is 49.1 Å². The minimum atomic E-state index is -0.955. The van der Waals surface area contributed by atoms with Crippen LogP contribution in [0.3, 0.4) is 0 Å². The number of aromatic carboxylic acids is 1. The Labute approximate surface area is 102 Å². The monoisotopic (exact) mass is 239 g/mol. The lowest BCUT2D eigenvalue weighted by Gasteiger charge is -1.94. The fraction of sp³-hybridized carbons (Fsp3) is 0. The van der Waals surface area contributed by atoms with Crippen LogP contribution in [0.2, 0.25) is 0 Å². The Morgan fingerprint density at radius 1 is 1.33 bits per heavy atom. The standard InChI is InChI=1S/C13H9N3O2/c17-13(18)9-3-5-16-8-11(15-12(16)6-9)10-2-1-4-14-7-10/h1-8H,(H,17,18). The predicted molar refractivity (Wildman–Crippen MR) is 65.4 cm³/mol. The summed E-state index contributed by atoms with van der Waals surface area (Å²) in [6, 6.07) is 6.83. The Hall–Kier alpha value is -2.69. The number of carboxylic acids is 1. The second-order valence-corrected chi connectivity index (χ2v) is 3.85. The first-order chi connectivity index (χ1) is 8.74. The zero-order chi connectivity index (χ0) is 12.5. The van der Waals surface area contributed by atoms with E-state index in [4.69, 9.17) is 5.11 Å². The molecule has 0 amide bonds. The van der Waals surface area contributed by atoms with E-state index in [-0.39, 0.29) is 5.56 Å². The molecule has 0 spiro atoms. The number of nitrogens with zero attached hydrogens (tertiary/aromatic N) is 3. The Bertz CT molecular complexity index is 719. The van der Waals surface area contributed by atoms with Gasteiger partial charge in [-0.1, -0.05) is 0 Å². The van der Waals surface area contributed by atoms with Crippen molar-refractivity contribution in [3.8, 4) is 11.3 Å². The van der Waals surface area contributed by atoms with Gasteiger partial charge in [0.1, 0.15) is 5.65 Å². The third kappa shape index (κ3) is 1.71. The average molecular weight is 239 g/mol. The summed E-state index contributed by atoms with van der Waals surface area (Å²) in [5.41, 5.74) is 2.50. The zero-order valence-corrected chi connectivity index (χ0v) is 9.32. The first kappa shape index (κ1) is 10.5. The molecule has 0 aliphatic heterocycles. The summed E-state index contributed by atoms with van der Waals surface area (Å²) in [5, 5.41) is 8.92.